The number of fused-ring (bicyclic) bond motifs is 1. The number of benzene rings is 2. The molecule has 0 aliphatic carbocycles. The molecule has 162 valence electrons. The van der Waals surface area contributed by atoms with Gasteiger partial charge in [-0.05, 0) is 47.4 Å². The molecule has 0 aliphatic rings. The summed E-state index contributed by atoms with van der Waals surface area (Å²) in [6.07, 6.45) is 4.44. The number of carbonyl (C=O) groups excluding carboxylic acids is 1. The summed E-state index contributed by atoms with van der Waals surface area (Å²) in [6.45, 7) is 2.88. The van der Waals surface area contributed by atoms with E-state index in [1.165, 1.54) is 11.6 Å². The minimum Gasteiger partial charge on any atom is -0.484 e. The Balaban J connectivity index is 1.49. The van der Waals surface area contributed by atoms with Gasteiger partial charge in [0, 0.05) is 43.0 Å². The van der Waals surface area contributed by atoms with Gasteiger partial charge in [-0.15, -0.1) is 0 Å². The van der Waals surface area contributed by atoms with Crippen LogP contribution in [-0.4, -0.2) is 22.4 Å². The van der Waals surface area contributed by atoms with Gasteiger partial charge in [0.1, 0.15) is 11.3 Å². The molecule has 0 N–H and O–H groups in total. The highest BCUT2D eigenvalue weighted by atomic mass is 16.5. The highest BCUT2D eigenvalue weighted by molar-refractivity contribution is 5.79. The molecule has 0 radical (unpaired) electrons. The van der Waals surface area contributed by atoms with Gasteiger partial charge < -0.3 is 14.1 Å². The maximum atomic E-state index is 13.1. The number of hydrogen-bond donors (Lipinski definition) is 0. The van der Waals surface area contributed by atoms with Gasteiger partial charge in [-0.3, -0.25) is 9.78 Å². The van der Waals surface area contributed by atoms with Gasteiger partial charge in [0.05, 0.1) is 0 Å². The molecule has 0 bridgehead atoms. The molecule has 1 amide bonds. The molecule has 4 rings (SSSR count). The van der Waals surface area contributed by atoms with Crippen molar-refractivity contribution in [3.05, 3.63) is 106 Å². The van der Waals surface area contributed by atoms with Crippen LogP contribution in [0.15, 0.2) is 88.3 Å². The van der Waals surface area contributed by atoms with Crippen molar-refractivity contribution in [1.29, 1.82) is 0 Å². The van der Waals surface area contributed by atoms with Gasteiger partial charge >= 0.3 is 5.63 Å². The summed E-state index contributed by atoms with van der Waals surface area (Å²) in [5, 5.41) is 0.789. The minimum absolute atomic E-state index is 0.129. The summed E-state index contributed by atoms with van der Waals surface area (Å²) in [6, 6.07) is 20.3. The van der Waals surface area contributed by atoms with Gasteiger partial charge in [0.25, 0.3) is 5.91 Å². The maximum absolute atomic E-state index is 13.1. The first-order valence-electron chi connectivity index (χ1n) is 10.5. The lowest BCUT2D eigenvalue weighted by Gasteiger charge is -2.23. The number of aromatic nitrogens is 1. The zero-order chi connectivity index (χ0) is 22.3. The van der Waals surface area contributed by atoms with E-state index in [0.717, 1.165) is 22.9 Å². The van der Waals surface area contributed by atoms with Crippen LogP contribution in [0.4, 0.5) is 0 Å². The van der Waals surface area contributed by atoms with E-state index in [1.807, 2.05) is 12.1 Å². The molecule has 0 fully saturated rings. The predicted octanol–water partition coefficient (Wildman–Crippen LogP) is 4.36. The van der Waals surface area contributed by atoms with Crippen molar-refractivity contribution < 1.29 is 13.9 Å². The number of nitrogens with zero attached hydrogens (tertiary/aromatic N) is 2. The summed E-state index contributed by atoms with van der Waals surface area (Å²) in [5.74, 6) is 0.317. The Hall–Kier alpha value is -3.93. The summed E-state index contributed by atoms with van der Waals surface area (Å²) in [7, 11) is 0. The van der Waals surface area contributed by atoms with Gasteiger partial charge in [-0.25, -0.2) is 4.79 Å². The second-order valence-electron chi connectivity index (χ2n) is 7.52. The fraction of sp³-hybridized carbons (Fsp3) is 0.192. The minimum atomic E-state index is -0.428. The van der Waals surface area contributed by atoms with Crippen molar-refractivity contribution in [2.45, 2.75) is 26.4 Å². The molecule has 0 atom stereocenters. The van der Waals surface area contributed by atoms with E-state index in [-0.39, 0.29) is 12.5 Å². The van der Waals surface area contributed by atoms with E-state index in [1.54, 1.807) is 41.6 Å². The van der Waals surface area contributed by atoms with Crippen LogP contribution in [-0.2, 0) is 24.3 Å². The van der Waals surface area contributed by atoms with E-state index in [4.69, 9.17) is 9.15 Å². The third kappa shape index (κ3) is 5.40. The molecule has 2 aromatic heterocycles. The number of pyridine rings is 1. The second-order valence-corrected chi connectivity index (χ2v) is 7.52. The second kappa shape index (κ2) is 9.92. The summed E-state index contributed by atoms with van der Waals surface area (Å²) >= 11 is 0. The molecule has 2 heterocycles. The summed E-state index contributed by atoms with van der Waals surface area (Å²) < 4.78 is 10.9. The van der Waals surface area contributed by atoms with E-state index >= 15 is 0 Å². The highest BCUT2D eigenvalue weighted by Gasteiger charge is 2.16. The van der Waals surface area contributed by atoms with Crippen molar-refractivity contribution in [3.63, 3.8) is 0 Å². The molecule has 32 heavy (non-hydrogen) atoms. The highest BCUT2D eigenvalue weighted by Crippen LogP contribution is 2.20. The zero-order valence-electron chi connectivity index (χ0n) is 17.9. The Kier molecular flexibility index (Phi) is 6.60. The van der Waals surface area contributed by atoms with Gasteiger partial charge in [0.2, 0.25) is 0 Å². The van der Waals surface area contributed by atoms with Crippen LogP contribution in [0.25, 0.3) is 11.0 Å². The van der Waals surface area contributed by atoms with E-state index in [2.05, 4.69) is 36.2 Å². The SMILES string of the molecule is CCc1ccc(CN(Cc2cccnc2)C(=O)COc2ccc3ccc(=O)oc3c2)cc1. The van der Waals surface area contributed by atoms with Crippen molar-refractivity contribution in [2.24, 2.45) is 0 Å². The number of ether oxygens (including phenoxy) is 1. The van der Waals surface area contributed by atoms with Gasteiger partial charge in [-0.1, -0.05) is 37.3 Å². The van der Waals surface area contributed by atoms with Crippen molar-refractivity contribution in [1.82, 2.24) is 9.88 Å². The Morgan fingerprint density at radius 3 is 2.47 bits per heavy atom. The Morgan fingerprint density at radius 2 is 1.72 bits per heavy atom. The predicted molar refractivity (Wildman–Crippen MR) is 122 cm³/mol. The van der Waals surface area contributed by atoms with Crippen LogP contribution >= 0.6 is 0 Å². The molecular weight excluding hydrogens is 404 g/mol. The molecule has 0 unspecified atom stereocenters. The third-order valence-corrected chi connectivity index (χ3v) is 5.21. The van der Waals surface area contributed by atoms with E-state index < -0.39 is 5.63 Å². The average Bonchev–Trinajstić information content (AvgIpc) is 2.83. The molecule has 0 spiro atoms. The quantitative estimate of drug-likeness (QED) is 0.390. The first-order valence-corrected chi connectivity index (χ1v) is 10.5. The molecule has 0 aliphatic heterocycles. The van der Waals surface area contributed by atoms with Crippen molar-refractivity contribution >= 4 is 16.9 Å². The molecular formula is C26H24N2O4. The van der Waals surface area contributed by atoms with Crippen molar-refractivity contribution in [3.8, 4) is 5.75 Å². The van der Waals surface area contributed by atoms with Crippen LogP contribution in [0.5, 0.6) is 5.75 Å². The topological polar surface area (TPSA) is 72.6 Å². The lowest BCUT2D eigenvalue weighted by Crippen LogP contribution is -2.34. The Labute approximate surface area is 186 Å². The van der Waals surface area contributed by atoms with E-state index in [0.29, 0.717) is 24.4 Å². The van der Waals surface area contributed by atoms with Gasteiger partial charge in [-0.2, -0.15) is 0 Å². The monoisotopic (exact) mass is 428 g/mol. The number of rotatable bonds is 8. The molecule has 0 saturated carbocycles. The summed E-state index contributed by atoms with van der Waals surface area (Å²) in [5.41, 5.74) is 3.24. The fourth-order valence-electron chi connectivity index (χ4n) is 3.41. The third-order valence-electron chi connectivity index (χ3n) is 5.21. The van der Waals surface area contributed by atoms with E-state index in [9.17, 15) is 9.59 Å². The normalized spacial score (nSPS) is 10.8. The molecule has 6 nitrogen and oxygen atoms in total. The Bertz CT molecular complexity index is 1250. The smallest absolute Gasteiger partial charge is 0.336 e. The standard InChI is InChI=1S/C26H24N2O4/c1-2-19-5-7-20(8-6-19)16-28(17-21-4-3-13-27-15-21)25(29)18-31-23-11-9-22-10-12-26(30)32-24(22)14-23/h3-15H,2,16-18H2,1H3. The zero-order valence-corrected chi connectivity index (χ0v) is 17.9. The van der Waals surface area contributed by atoms with Crippen LogP contribution in [0.1, 0.15) is 23.6 Å². The molecule has 2 aromatic carbocycles. The first kappa shape index (κ1) is 21.3. The number of aryl methyl sites for hydroxylation is 1. The van der Waals surface area contributed by atoms with Gasteiger partial charge in [0.15, 0.2) is 6.61 Å². The largest absolute Gasteiger partial charge is 0.484 e. The molecule has 0 saturated heterocycles. The van der Waals surface area contributed by atoms with Crippen molar-refractivity contribution in [2.75, 3.05) is 6.61 Å². The van der Waals surface area contributed by atoms with Crippen LogP contribution in [0.2, 0.25) is 0 Å². The number of amides is 1. The van der Waals surface area contributed by atoms with Crippen LogP contribution in [0.3, 0.4) is 0 Å². The molecule has 4 aromatic rings. The average molecular weight is 428 g/mol. The molecule has 6 heteroatoms. The maximum Gasteiger partial charge on any atom is 0.336 e. The Morgan fingerprint density at radius 1 is 0.969 bits per heavy atom. The first-order chi connectivity index (χ1) is 15.6. The lowest BCUT2D eigenvalue weighted by molar-refractivity contribution is -0.134. The lowest BCUT2D eigenvalue weighted by atomic mass is 10.1. The number of hydrogen-bond acceptors (Lipinski definition) is 5. The van der Waals surface area contributed by atoms with Crippen LogP contribution < -0.4 is 10.4 Å². The summed E-state index contributed by atoms with van der Waals surface area (Å²) in [4.78, 5) is 30.4. The fourth-order valence-corrected chi connectivity index (χ4v) is 3.41. The van der Waals surface area contributed by atoms with Crippen LogP contribution in [0, 0.1) is 0 Å². The number of carbonyl (C=O) groups is 1.